The molecule has 1 aromatic rings. The van der Waals surface area contributed by atoms with E-state index in [4.69, 9.17) is 0 Å². The van der Waals surface area contributed by atoms with Gasteiger partial charge in [0.05, 0.1) is 6.10 Å². The van der Waals surface area contributed by atoms with E-state index in [-0.39, 0.29) is 17.3 Å². The lowest BCUT2D eigenvalue weighted by atomic mass is 9.63. The summed E-state index contributed by atoms with van der Waals surface area (Å²) in [6, 6.07) is 7.86. The van der Waals surface area contributed by atoms with Crippen LogP contribution in [0.2, 0.25) is 0 Å². The number of aliphatic hydroxyl groups excluding tert-OH is 1. The smallest absolute Gasteiger partial charge is 0.123 e. The molecule has 2 saturated carbocycles. The first-order chi connectivity index (χ1) is 8.96. The second kappa shape index (κ2) is 4.57. The summed E-state index contributed by atoms with van der Waals surface area (Å²) in [4.78, 5) is 0. The number of nitrogens with one attached hydrogen (secondary N) is 1. The monoisotopic (exact) mass is 263 g/mol. The van der Waals surface area contributed by atoms with E-state index in [9.17, 15) is 9.50 Å². The summed E-state index contributed by atoms with van der Waals surface area (Å²) >= 11 is 0. The molecule has 0 bridgehead atoms. The maximum absolute atomic E-state index is 12.9. The molecular formula is C16H22FNO. The predicted molar refractivity (Wildman–Crippen MR) is 73.5 cm³/mol. The van der Waals surface area contributed by atoms with Crippen molar-refractivity contribution in [3.63, 3.8) is 0 Å². The fourth-order valence-electron chi connectivity index (χ4n) is 3.23. The Hall–Kier alpha value is -0.930. The van der Waals surface area contributed by atoms with Gasteiger partial charge in [0.25, 0.3) is 0 Å². The van der Waals surface area contributed by atoms with Crippen LogP contribution in [-0.4, -0.2) is 23.3 Å². The number of halogens is 1. The van der Waals surface area contributed by atoms with E-state index in [1.807, 2.05) is 12.1 Å². The molecule has 2 N–H and O–H groups in total. The summed E-state index contributed by atoms with van der Waals surface area (Å²) < 4.78 is 12.9. The molecule has 0 aromatic heterocycles. The van der Waals surface area contributed by atoms with E-state index in [0.29, 0.717) is 18.0 Å². The van der Waals surface area contributed by atoms with Crippen LogP contribution >= 0.6 is 0 Å². The Kier molecular flexibility index (Phi) is 3.14. The minimum atomic E-state index is -0.169. The zero-order valence-electron chi connectivity index (χ0n) is 11.6. The van der Waals surface area contributed by atoms with E-state index in [2.05, 4.69) is 19.2 Å². The van der Waals surface area contributed by atoms with Crippen LogP contribution in [0.3, 0.4) is 0 Å². The van der Waals surface area contributed by atoms with Gasteiger partial charge in [0.2, 0.25) is 0 Å². The van der Waals surface area contributed by atoms with E-state index >= 15 is 0 Å². The number of benzene rings is 1. The van der Waals surface area contributed by atoms with Crippen molar-refractivity contribution in [2.24, 2.45) is 5.41 Å². The molecule has 0 amide bonds. The van der Waals surface area contributed by atoms with Gasteiger partial charge in [0.1, 0.15) is 5.82 Å². The van der Waals surface area contributed by atoms with Crippen molar-refractivity contribution in [2.75, 3.05) is 0 Å². The van der Waals surface area contributed by atoms with Crippen molar-refractivity contribution in [2.45, 2.75) is 57.2 Å². The van der Waals surface area contributed by atoms with Crippen molar-refractivity contribution in [1.29, 1.82) is 0 Å². The van der Waals surface area contributed by atoms with Crippen LogP contribution < -0.4 is 5.32 Å². The number of aliphatic hydroxyl groups is 1. The van der Waals surface area contributed by atoms with Crippen LogP contribution in [0.5, 0.6) is 0 Å². The van der Waals surface area contributed by atoms with Gasteiger partial charge in [0, 0.05) is 17.5 Å². The maximum Gasteiger partial charge on any atom is 0.123 e. The summed E-state index contributed by atoms with van der Waals surface area (Å²) in [6.45, 7) is 4.24. The molecule has 1 aromatic carbocycles. The minimum Gasteiger partial charge on any atom is -0.392 e. The molecule has 0 spiro atoms. The van der Waals surface area contributed by atoms with Crippen molar-refractivity contribution in [1.82, 2.24) is 5.32 Å². The highest BCUT2D eigenvalue weighted by Crippen LogP contribution is 2.43. The van der Waals surface area contributed by atoms with E-state index in [1.54, 1.807) is 12.1 Å². The number of hydrogen-bond donors (Lipinski definition) is 2. The molecule has 19 heavy (non-hydrogen) atoms. The number of hydrogen-bond acceptors (Lipinski definition) is 2. The highest BCUT2D eigenvalue weighted by atomic mass is 19.1. The Morgan fingerprint density at radius 1 is 1.16 bits per heavy atom. The van der Waals surface area contributed by atoms with Gasteiger partial charge >= 0.3 is 0 Å². The standard InChI is InChI=1S/C16H22FNO/c1-16(2)14(9-15(16)19)18-13-7-11(8-13)10-3-5-12(17)6-4-10/h3-6,11,13-15,18-19H,7-9H2,1-2H3. The average molecular weight is 263 g/mol. The molecule has 2 aliphatic carbocycles. The molecule has 2 atom stereocenters. The lowest BCUT2D eigenvalue weighted by Gasteiger charge is -2.52. The highest BCUT2D eigenvalue weighted by Gasteiger charge is 2.48. The van der Waals surface area contributed by atoms with Gasteiger partial charge in [-0.1, -0.05) is 26.0 Å². The first kappa shape index (κ1) is 13.1. The summed E-state index contributed by atoms with van der Waals surface area (Å²) in [5, 5.41) is 13.4. The summed E-state index contributed by atoms with van der Waals surface area (Å²) in [6.07, 6.45) is 2.94. The molecule has 2 fully saturated rings. The Morgan fingerprint density at radius 3 is 2.32 bits per heavy atom. The molecule has 2 aliphatic rings. The van der Waals surface area contributed by atoms with Crippen molar-refractivity contribution in [3.05, 3.63) is 35.6 Å². The lowest BCUT2D eigenvalue weighted by molar-refractivity contribution is -0.0793. The van der Waals surface area contributed by atoms with Gasteiger partial charge in [-0.15, -0.1) is 0 Å². The van der Waals surface area contributed by atoms with Gasteiger partial charge in [0.15, 0.2) is 0 Å². The van der Waals surface area contributed by atoms with E-state index < -0.39 is 0 Å². The second-order valence-electron chi connectivity index (χ2n) is 6.71. The predicted octanol–water partition coefficient (Wildman–Crippen LogP) is 2.82. The summed E-state index contributed by atoms with van der Waals surface area (Å²) in [5.74, 6) is 0.397. The Labute approximate surface area is 114 Å². The third kappa shape index (κ3) is 2.30. The Morgan fingerprint density at radius 2 is 1.79 bits per heavy atom. The zero-order valence-corrected chi connectivity index (χ0v) is 11.6. The quantitative estimate of drug-likeness (QED) is 0.879. The minimum absolute atomic E-state index is 0.000955. The fraction of sp³-hybridized carbons (Fsp3) is 0.625. The van der Waals surface area contributed by atoms with Gasteiger partial charge in [-0.25, -0.2) is 4.39 Å². The largest absolute Gasteiger partial charge is 0.392 e. The molecule has 104 valence electrons. The van der Waals surface area contributed by atoms with E-state index in [0.717, 1.165) is 19.3 Å². The van der Waals surface area contributed by atoms with Gasteiger partial charge in [-0.2, -0.15) is 0 Å². The molecule has 3 rings (SSSR count). The highest BCUT2D eigenvalue weighted by molar-refractivity contribution is 5.23. The van der Waals surface area contributed by atoms with E-state index in [1.165, 1.54) is 5.56 Å². The van der Waals surface area contributed by atoms with Crippen LogP contribution in [0.15, 0.2) is 24.3 Å². The molecule has 0 aliphatic heterocycles. The molecule has 0 heterocycles. The van der Waals surface area contributed by atoms with Crippen molar-refractivity contribution >= 4 is 0 Å². The van der Waals surface area contributed by atoms with Gasteiger partial charge in [-0.3, -0.25) is 0 Å². The number of rotatable bonds is 3. The van der Waals surface area contributed by atoms with Crippen molar-refractivity contribution in [3.8, 4) is 0 Å². The summed E-state index contributed by atoms with van der Waals surface area (Å²) in [5.41, 5.74) is 1.24. The lowest BCUT2D eigenvalue weighted by Crippen LogP contribution is -2.63. The van der Waals surface area contributed by atoms with Gasteiger partial charge in [-0.05, 0) is 42.9 Å². The van der Waals surface area contributed by atoms with Crippen LogP contribution in [0, 0.1) is 11.2 Å². The molecular weight excluding hydrogens is 241 g/mol. The Bertz CT molecular complexity index is 450. The first-order valence-corrected chi connectivity index (χ1v) is 7.16. The SMILES string of the molecule is CC1(C)C(O)CC1NC1CC(c2ccc(F)cc2)C1. The summed E-state index contributed by atoms with van der Waals surface area (Å²) in [7, 11) is 0. The topological polar surface area (TPSA) is 32.3 Å². The van der Waals surface area contributed by atoms with Gasteiger partial charge < -0.3 is 10.4 Å². The molecule has 3 heteroatoms. The van der Waals surface area contributed by atoms with Crippen LogP contribution in [0.25, 0.3) is 0 Å². The average Bonchev–Trinajstić information content (AvgIpc) is 2.33. The molecule has 2 nitrogen and oxygen atoms in total. The molecule has 2 unspecified atom stereocenters. The van der Waals surface area contributed by atoms with Crippen LogP contribution in [-0.2, 0) is 0 Å². The molecule has 0 radical (unpaired) electrons. The molecule has 0 saturated heterocycles. The maximum atomic E-state index is 12.9. The van der Waals surface area contributed by atoms with Crippen molar-refractivity contribution < 1.29 is 9.50 Å². The zero-order chi connectivity index (χ0) is 13.6. The Balaban J connectivity index is 1.50. The fourth-order valence-corrected chi connectivity index (χ4v) is 3.23. The normalized spacial score (nSPS) is 36.4. The second-order valence-corrected chi connectivity index (χ2v) is 6.71. The third-order valence-electron chi connectivity index (χ3n) is 5.13. The first-order valence-electron chi connectivity index (χ1n) is 7.16. The van der Waals surface area contributed by atoms with Crippen LogP contribution in [0.1, 0.15) is 44.6 Å². The van der Waals surface area contributed by atoms with Crippen LogP contribution in [0.4, 0.5) is 4.39 Å². The third-order valence-corrected chi connectivity index (χ3v) is 5.13.